The second kappa shape index (κ2) is 10.3. The molecule has 1 N–H and O–H groups in total. The van der Waals surface area contributed by atoms with E-state index < -0.39 is 8.32 Å². The summed E-state index contributed by atoms with van der Waals surface area (Å²) in [6, 6.07) is 7.90. The molecule has 0 aliphatic heterocycles. The van der Waals surface area contributed by atoms with Crippen LogP contribution >= 0.6 is 11.6 Å². The summed E-state index contributed by atoms with van der Waals surface area (Å²) < 4.78 is 6.95. The van der Waals surface area contributed by atoms with Crippen LogP contribution < -0.4 is 5.32 Å². The van der Waals surface area contributed by atoms with Crippen molar-refractivity contribution in [2.45, 2.75) is 84.5 Å². The maximum atomic E-state index is 6.95. The Morgan fingerprint density at radius 1 is 1.15 bits per heavy atom. The van der Waals surface area contributed by atoms with Crippen LogP contribution in [0.5, 0.6) is 0 Å². The van der Waals surface area contributed by atoms with Gasteiger partial charge in [0.2, 0.25) is 0 Å². The second-order valence-corrected chi connectivity index (χ2v) is 13.1. The minimum Gasteiger partial charge on any atom is -0.409 e. The molecule has 0 amide bonds. The monoisotopic (exact) mass is 395 g/mol. The van der Waals surface area contributed by atoms with Gasteiger partial charge < -0.3 is 9.74 Å². The van der Waals surface area contributed by atoms with Crippen molar-refractivity contribution in [1.82, 2.24) is 5.32 Å². The Labute approximate surface area is 167 Å². The predicted octanol–water partition coefficient (Wildman–Crippen LogP) is 6.66. The van der Waals surface area contributed by atoms with Crippen molar-refractivity contribution in [3.63, 3.8) is 0 Å². The van der Waals surface area contributed by atoms with Crippen LogP contribution in [-0.2, 0) is 10.8 Å². The fraction of sp³-hybridized carbons (Fsp3) is 0.727. The molecule has 4 heteroatoms. The lowest BCUT2D eigenvalue weighted by Gasteiger charge is -2.35. The van der Waals surface area contributed by atoms with Crippen LogP contribution in [0, 0.1) is 12.8 Å². The van der Waals surface area contributed by atoms with Crippen LogP contribution in [-0.4, -0.2) is 21.4 Å². The zero-order valence-electron chi connectivity index (χ0n) is 17.5. The Morgan fingerprint density at radius 3 is 2.35 bits per heavy atom. The number of aryl methyl sites for hydroxylation is 2. The van der Waals surface area contributed by atoms with Gasteiger partial charge in [0.05, 0.1) is 6.10 Å². The maximum absolute atomic E-state index is 6.95. The summed E-state index contributed by atoms with van der Waals surface area (Å²) in [5, 5.41) is 4.56. The molecular formula is C22H38ClNOSi. The fourth-order valence-corrected chi connectivity index (χ4v) is 7.15. The van der Waals surface area contributed by atoms with Gasteiger partial charge in [0.1, 0.15) is 0 Å². The third-order valence-corrected chi connectivity index (χ3v) is 11.1. The first-order chi connectivity index (χ1) is 12.5. The van der Waals surface area contributed by atoms with E-state index in [4.69, 9.17) is 16.0 Å². The van der Waals surface area contributed by atoms with Gasteiger partial charge >= 0.3 is 0 Å². The Hall–Kier alpha value is -0.353. The van der Waals surface area contributed by atoms with Crippen molar-refractivity contribution in [1.29, 1.82) is 0 Å². The summed E-state index contributed by atoms with van der Waals surface area (Å²) in [4.78, 5) is 0. The van der Waals surface area contributed by atoms with Gasteiger partial charge in [-0.15, -0.1) is 0 Å². The molecule has 0 saturated heterocycles. The quantitative estimate of drug-likeness (QED) is 0.315. The summed E-state index contributed by atoms with van der Waals surface area (Å²) in [7, 11) is -1.70. The molecule has 1 aromatic carbocycles. The van der Waals surface area contributed by atoms with Crippen molar-refractivity contribution in [2.24, 2.45) is 5.92 Å². The number of nitrogens with one attached hydrogen (secondary N) is 1. The first-order valence-electron chi connectivity index (χ1n) is 10.7. The summed E-state index contributed by atoms with van der Waals surface area (Å²) in [5.74, 6) is 0.964. The third kappa shape index (κ3) is 5.82. The zero-order chi connectivity index (χ0) is 19.2. The average molecular weight is 396 g/mol. The van der Waals surface area contributed by atoms with Crippen molar-refractivity contribution in [2.75, 3.05) is 13.1 Å². The molecule has 1 atom stereocenters. The number of hydrogen-bond donors (Lipinski definition) is 1. The molecule has 0 aromatic heterocycles. The Kier molecular flexibility index (Phi) is 8.66. The van der Waals surface area contributed by atoms with E-state index in [9.17, 15) is 0 Å². The zero-order valence-corrected chi connectivity index (χ0v) is 19.2. The first-order valence-corrected chi connectivity index (χ1v) is 13.6. The molecule has 0 spiro atoms. The minimum atomic E-state index is -1.70. The van der Waals surface area contributed by atoms with Crippen LogP contribution in [0.4, 0.5) is 0 Å². The number of rotatable bonds is 12. The molecule has 148 valence electrons. The van der Waals surface area contributed by atoms with Crippen LogP contribution in [0.3, 0.4) is 0 Å². The van der Waals surface area contributed by atoms with Gasteiger partial charge in [-0.05, 0) is 67.6 Å². The molecule has 2 nitrogen and oxygen atoms in total. The van der Waals surface area contributed by atoms with E-state index in [1.165, 1.54) is 54.1 Å². The lowest BCUT2D eigenvalue weighted by Crippen LogP contribution is -2.40. The normalized spacial score (nSPS) is 16.1. The van der Waals surface area contributed by atoms with Gasteiger partial charge in [-0.2, -0.15) is 0 Å². The molecular weight excluding hydrogens is 358 g/mol. The van der Waals surface area contributed by atoms with Gasteiger partial charge in [-0.25, -0.2) is 0 Å². The van der Waals surface area contributed by atoms with Gasteiger partial charge in [0.15, 0.2) is 8.32 Å². The highest BCUT2D eigenvalue weighted by Crippen LogP contribution is 2.36. The van der Waals surface area contributed by atoms with Crippen LogP contribution in [0.2, 0.25) is 23.2 Å². The van der Waals surface area contributed by atoms with E-state index in [2.05, 4.69) is 52.1 Å². The summed E-state index contributed by atoms with van der Waals surface area (Å²) in [5.41, 5.74) is 3.81. The highest BCUT2D eigenvalue weighted by atomic mass is 35.5. The molecule has 26 heavy (non-hydrogen) atoms. The molecule has 1 aromatic rings. The van der Waals surface area contributed by atoms with Crippen LogP contribution in [0.25, 0.3) is 0 Å². The lowest BCUT2D eigenvalue weighted by molar-refractivity contribution is 0.185. The smallest absolute Gasteiger partial charge is 0.192 e. The highest BCUT2D eigenvalue weighted by Gasteiger charge is 2.34. The SMILES string of the molecule is CCc1cc(C)cc(Cl)c1C(CNCCC1CC1)O[Si](CC)(CC)CC. The summed E-state index contributed by atoms with van der Waals surface area (Å²) in [6.45, 7) is 13.2. The number of hydrogen-bond acceptors (Lipinski definition) is 2. The van der Waals surface area contributed by atoms with E-state index in [1.807, 2.05) is 0 Å². The topological polar surface area (TPSA) is 21.3 Å². The summed E-state index contributed by atoms with van der Waals surface area (Å²) in [6.07, 6.45) is 5.21. The Bertz CT molecular complexity index is 561. The molecule has 0 heterocycles. The van der Waals surface area contributed by atoms with E-state index >= 15 is 0 Å². The van der Waals surface area contributed by atoms with Crippen LogP contribution in [0.1, 0.15) is 69.8 Å². The van der Waals surface area contributed by atoms with E-state index in [-0.39, 0.29) is 6.10 Å². The number of benzene rings is 1. The molecule has 0 radical (unpaired) electrons. The fourth-order valence-electron chi connectivity index (χ4n) is 3.93. The third-order valence-electron chi connectivity index (χ3n) is 6.14. The van der Waals surface area contributed by atoms with Gasteiger partial charge in [-0.3, -0.25) is 0 Å². The van der Waals surface area contributed by atoms with Crippen molar-refractivity contribution >= 4 is 19.9 Å². The van der Waals surface area contributed by atoms with Crippen molar-refractivity contribution in [3.8, 4) is 0 Å². The second-order valence-electron chi connectivity index (χ2n) is 7.96. The standard InChI is InChI=1S/C22H38ClNOSi/c1-6-19-14-17(5)15-20(23)22(19)21(16-24-13-12-18-10-11-18)25-26(7-2,8-3)9-4/h14-15,18,21,24H,6-13,16H2,1-5H3. The van der Waals surface area contributed by atoms with E-state index in [0.29, 0.717) is 0 Å². The molecule has 1 saturated carbocycles. The van der Waals surface area contributed by atoms with Crippen molar-refractivity contribution in [3.05, 3.63) is 33.8 Å². The lowest BCUT2D eigenvalue weighted by atomic mass is 9.98. The van der Waals surface area contributed by atoms with Crippen molar-refractivity contribution < 1.29 is 4.43 Å². The van der Waals surface area contributed by atoms with Gasteiger partial charge in [0.25, 0.3) is 0 Å². The molecule has 1 unspecified atom stereocenters. The predicted molar refractivity (Wildman–Crippen MR) is 117 cm³/mol. The molecule has 2 rings (SSSR count). The minimum absolute atomic E-state index is 0.0729. The van der Waals surface area contributed by atoms with E-state index in [1.54, 1.807) is 0 Å². The summed E-state index contributed by atoms with van der Waals surface area (Å²) >= 11 is 6.75. The Balaban J connectivity index is 2.23. The first kappa shape index (κ1) is 21.9. The Morgan fingerprint density at radius 2 is 1.81 bits per heavy atom. The van der Waals surface area contributed by atoms with Gasteiger partial charge in [0, 0.05) is 17.1 Å². The highest BCUT2D eigenvalue weighted by molar-refractivity contribution is 6.73. The largest absolute Gasteiger partial charge is 0.409 e. The van der Waals surface area contributed by atoms with Gasteiger partial charge in [-0.1, -0.05) is 58.2 Å². The molecule has 0 bridgehead atoms. The maximum Gasteiger partial charge on any atom is 0.192 e. The molecule has 1 fully saturated rings. The number of halogens is 1. The average Bonchev–Trinajstić information content (AvgIpc) is 3.46. The molecule has 1 aliphatic carbocycles. The molecule has 1 aliphatic rings. The van der Waals surface area contributed by atoms with E-state index in [0.717, 1.165) is 30.5 Å². The van der Waals surface area contributed by atoms with Crippen LogP contribution in [0.15, 0.2) is 12.1 Å².